The van der Waals surface area contributed by atoms with E-state index in [4.69, 9.17) is 0 Å². The van der Waals surface area contributed by atoms with Crippen molar-refractivity contribution in [3.8, 4) is 0 Å². The molecular weight excluding hydrogens is 357 g/mol. The van der Waals surface area contributed by atoms with E-state index in [1.54, 1.807) is 0 Å². The van der Waals surface area contributed by atoms with E-state index in [1.165, 1.54) is 6.20 Å². The summed E-state index contributed by atoms with van der Waals surface area (Å²) in [6, 6.07) is 2.59. The van der Waals surface area contributed by atoms with Crippen LogP contribution in [0, 0.1) is 5.92 Å². The van der Waals surface area contributed by atoms with Gasteiger partial charge in [0, 0.05) is 58.1 Å². The highest BCUT2D eigenvalue weighted by Gasteiger charge is 2.36. The number of anilines is 1. The van der Waals surface area contributed by atoms with Crippen LogP contribution in [0.4, 0.5) is 19.0 Å². The molecule has 27 heavy (non-hydrogen) atoms. The minimum atomic E-state index is -4.36. The summed E-state index contributed by atoms with van der Waals surface area (Å²) in [5, 5.41) is 9.27. The van der Waals surface area contributed by atoms with E-state index in [9.17, 15) is 18.3 Å². The second-order valence-electron chi connectivity index (χ2n) is 7.67. The minimum absolute atomic E-state index is 0.147. The molecule has 1 N–H and O–H groups in total. The summed E-state index contributed by atoms with van der Waals surface area (Å²) < 4.78 is 39.1. The Balaban J connectivity index is 1.72. The molecule has 0 saturated carbocycles. The highest BCUT2D eigenvalue weighted by atomic mass is 19.4. The Bertz CT molecular complexity index is 605. The average molecular weight is 386 g/mol. The van der Waals surface area contributed by atoms with E-state index in [0.29, 0.717) is 30.9 Å². The van der Waals surface area contributed by atoms with Gasteiger partial charge in [0.15, 0.2) is 0 Å². The summed E-state index contributed by atoms with van der Waals surface area (Å²) in [5.74, 6) is 0.723. The number of alkyl halides is 3. The SMILES string of the molecule is CN1CCN([C@@H]2CCN(c3cc(C(F)(F)F)ccn3)C[C@@H]2CCCO)CC1. The lowest BCUT2D eigenvalue weighted by Crippen LogP contribution is -2.56. The molecule has 0 unspecified atom stereocenters. The highest BCUT2D eigenvalue weighted by Crippen LogP contribution is 2.33. The Morgan fingerprint density at radius 3 is 2.59 bits per heavy atom. The van der Waals surface area contributed by atoms with Crippen LogP contribution in [0.5, 0.6) is 0 Å². The summed E-state index contributed by atoms with van der Waals surface area (Å²) >= 11 is 0. The van der Waals surface area contributed by atoms with Gasteiger partial charge in [0.05, 0.1) is 5.56 Å². The number of aliphatic hydroxyl groups excluding tert-OH is 1. The number of hydrogen-bond donors (Lipinski definition) is 1. The first-order valence-corrected chi connectivity index (χ1v) is 9.70. The van der Waals surface area contributed by atoms with E-state index in [-0.39, 0.29) is 6.61 Å². The van der Waals surface area contributed by atoms with Gasteiger partial charge in [-0.1, -0.05) is 0 Å². The van der Waals surface area contributed by atoms with Gasteiger partial charge in [0.2, 0.25) is 0 Å². The monoisotopic (exact) mass is 386 g/mol. The van der Waals surface area contributed by atoms with Gasteiger partial charge in [0.1, 0.15) is 5.82 Å². The minimum Gasteiger partial charge on any atom is -0.396 e. The second kappa shape index (κ2) is 8.75. The first-order chi connectivity index (χ1) is 12.9. The normalized spacial score (nSPS) is 25.7. The molecule has 0 spiro atoms. The Morgan fingerprint density at radius 2 is 1.93 bits per heavy atom. The zero-order valence-electron chi connectivity index (χ0n) is 15.8. The van der Waals surface area contributed by atoms with Crippen LogP contribution >= 0.6 is 0 Å². The largest absolute Gasteiger partial charge is 0.416 e. The molecule has 2 aliphatic rings. The molecular formula is C19H29F3N4O. The van der Waals surface area contributed by atoms with Crippen molar-refractivity contribution < 1.29 is 18.3 Å². The molecule has 0 aromatic carbocycles. The van der Waals surface area contributed by atoms with Gasteiger partial charge in [-0.05, 0) is 44.4 Å². The van der Waals surface area contributed by atoms with Crippen LogP contribution in [0.3, 0.4) is 0 Å². The van der Waals surface area contributed by atoms with Crippen molar-refractivity contribution in [2.24, 2.45) is 5.92 Å². The van der Waals surface area contributed by atoms with Crippen molar-refractivity contribution in [3.05, 3.63) is 23.9 Å². The fourth-order valence-electron chi connectivity index (χ4n) is 4.27. The molecule has 1 aromatic heterocycles. The average Bonchev–Trinajstić information content (AvgIpc) is 2.66. The molecule has 0 radical (unpaired) electrons. The number of likely N-dealkylation sites (N-methyl/N-ethyl adjacent to an activating group) is 1. The van der Waals surface area contributed by atoms with Crippen LogP contribution in [0.25, 0.3) is 0 Å². The number of hydrogen-bond acceptors (Lipinski definition) is 5. The first-order valence-electron chi connectivity index (χ1n) is 9.70. The number of aromatic nitrogens is 1. The molecule has 0 amide bonds. The van der Waals surface area contributed by atoms with Crippen molar-refractivity contribution in [2.75, 3.05) is 57.8 Å². The molecule has 3 rings (SSSR count). The second-order valence-corrected chi connectivity index (χ2v) is 7.67. The van der Waals surface area contributed by atoms with Crippen molar-refractivity contribution in [2.45, 2.75) is 31.5 Å². The lowest BCUT2D eigenvalue weighted by Gasteiger charge is -2.46. The van der Waals surface area contributed by atoms with E-state index < -0.39 is 11.7 Å². The van der Waals surface area contributed by atoms with Crippen LogP contribution in [0.2, 0.25) is 0 Å². The van der Waals surface area contributed by atoms with Crippen molar-refractivity contribution in [1.29, 1.82) is 0 Å². The Morgan fingerprint density at radius 1 is 1.19 bits per heavy atom. The third-order valence-corrected chi connectivity index (χ3v) is 5.83. The summed E-state index contributed by atoms with van der Waals surface area (Å²) in [4.78, 5) is 11.0. The van der Waals surface area contributed by atoms with Gasteiger partial charge in [-0.3, -0.25) is 4.90 Å². The fourth-order valence-corrected chi connectivity index (χ4v) is 4.27. The fraction of sp³-hybridized carbons (Fsp3) is 0.737. The summed E-state index contributed by atoms with van der Waals surface area (Å²) in [6.07, 6.45) is -0.598. The molecule has 5 nitrogen and oxygen atoms in total. The van der Waals surface area contributed by atoms with Gasteiger partial charge in [0.25, 0.3) is 0 Å². The zero-order valence-corrected chi connectivity index (χ0v) is 15.8. The standard InChI is InChI=1S/C19H29F3N4O/c1-24-8-10-25(11-9-24)17-5-7-26(14-15(17)3-2-12-27)18-13-16(4-6-23-18)19(20,21)22/h4,6,13,15,17,27H,2-3,5,7-12,14H2,1H3/t15-,17+/m0/s1. The molecule has 2 atom stereocenters. The molecule has 8 heteroatoms. The molecule has 0 bridgehead atoms. The molecule has 0 aliphatic carbocycles. The molecule has 2 fully saturated rings. The Labute approximate surface area is 158 Å². The van der Waals surface area contributed by atoms with Crippen LogP contribution < -0.4 is 4.90 Å². The number of piperidine rings is 1. The molecule has 3 heterocycles. The predicted octanol–water partition coefficient (Wildman–Crippen LogP) is 2.32. The number of pyridine rings is 1. The number of nitrogens with zero attached hydrogens (tertiary/aromatic N) is 4. The number of piperazine rings is 1. The summed E-state index contributed by atoms with van der Waals surface area (Å²) in [6.45, 7) is 5.68. The van der Waals surface area contributed by atoms with Crippen molar-refractivity contribution in [3.63, 3.8) is 0 Å². The van der Waals surface area contributed by atoms with E-state index in [1.807, 2.05) is 4.90 Å². The number of halogens is 3. The zero-order chi connectivity index (χ0) is 19.4. The topological polar surface area (TPSA) is 42.8 Å². The predicted molar refractivity (Wildman–Crippen MR) is 98.7 cm³/mol. The van der Waals surface area contributed by atoms with Gasteiger partial charge in [-0.25, -0.2) is 4.98 Å². The maximum atomic E-state index is 13.0. The van der Waals surface area contributed by atoms with Gasteiger partial charge < -0.3 is 14.9 Å². The summed E-state index contributed by atoms with van der Waals surface area (Å²) in [5.41, 5.74) is -0.652. The molecule has 152 valence electrons. The highest BCUT2D eigenvalue weighted by molar-refractivity contribution is 5.42. The number of aliphatic hydroxyl groups is 1. The lowest BCUT2D eigenvalue weighted by atomic mass is 9.86. The quantitative estimate of drug-likeness (QED) is 0.841. The number of rotatable bonds is 5. The van der Waals surface area contributed by atoms with Crippen molar-refractivity contribution in [1.82, 2.24) is 14.8 Å². The third kappa shape index (κ3) is 5.12. The van der Waals surface area contributed by atoms with Crippen LogP contribution in [0.1, 0.15) is 24.8 Å². The smallest absolute Gasteiger partial charge is 0.396 e. The van der Waals surface area contributed by atoms with E-state index in [2.05, 4.69) is 21.8 Å². The maximum absolute atomic E-state index is 13.0. The molecule has 1 aromatic rings. The molecule has 2 aliphatic heterocycles. The van der Waals surface area contributed by atoms with Gasteiger partial charge in [-0.15, -0.1) is 0 Å². The lowest BCUT2D eigenvalue weighted by molar-refractivity contribution is -0.137. The molecule has 2 saturated heterocycles. The van der Waals surface area contributed by atoms with Gasteiger partial charge in [-0.2, -0.15) is 13.2 Å². The van der Waals surface area contributed by atoms with Crippen molar-refractivity contribution >= 4 is 5.82 Å². The maximum Gasteiger partial charge on any atom is 0.416 e. The van der Waals surface area contributed by atoms with E-state index in [0.717, 1.165) is 57.6 Å². The van der Waals surface area contributed by atoms with Crippen LogP contribution in [0.15, 0.2) is 18.3 Å². The first kappa shape index (κ1) is 20.4. The third-order valence-electron chi connectivity index (χ3n) is 5.83. The Kier molecular flexibility index (Phi) is 6.60. The van der Waals surface area contributed by atoms with Crippen LogP contribution in [-0.4, -0.2) is 78.9 Å². The van der Waals surface area contributed by atoms with Gasteiger partial charge >= 0.3 is 6.18 Å². The Hall–Kier alpha value is -1.38. The summed E-state index contributed by atoms with van der Waals surface area (Å²) in [7, 11) is 2.13. The van der Waals surface area contributed by atoms with E-state index >= 15 is 0 Å². The van der Waals surface area contributed by atoms with Crippen LogP contribution in [-0.2, 0) is 6.18 Å².